The van der Waals surface area contributed by atoms with E-state index in [0.717, 1.165) is 22.8 Å². The number of likely N-dealkylation sites (tertiary alicyclic amines) is 1. The van der Waals surface area contributed by atoms with Gasteiger partial charge in [0.05, 0.1) is 0 Å². The molecule has 3 heterocycles. The summed E-state index contributed by atoms with van der Waals surface area (Å²) in [7, 11) is 1.49. The van der Waals surface area contributed by atoms with Crippen molar-refractivity contribution in [1.82, 2.24) is 25.1 Å². The fourth-order valence-corrected chi connectivity index (χ4v) is 4.80. The molecule has 0 bridgehead atoms. The summed E-state index contributed by atoms with van der Waals surface area (Å²) in [5, 5.41) is 6.01. The third-order valence-electron chi connectivity index (χ3n) is 7.10. The zero-order valence-corrected chi connectivity index (χ0v) is 22.0. The van der Waals surface area contributed by atoms with Crippen molar-refractivity contribution < 1.29 is 18.8 Å². The zero-order valence-electron chi connectivity index (χ0n) is 22.0. The van der Waals surface area contributed by atoms with Crippen LogP contribution in [0.3, 0.4) is 0 Å². The number of rotatable bonds is 5. The molecule has 9 heteroatoms. The van der Waals surface area contributed by atoms with Gasteiger partial charge in [-0.05, 0) is 69.4 Å². The molecule has 3 amide bonds. The Morgan fingerprint density at radius 1 is 1.16 bits per heavy atom. The molecule has 1 aliphatic heterocycles. The summed E-state index contributed by atoms with van der Waals surface area (Å²) in [5.74, 6) is -0.471. The van der Waals surface area contributed by atoms with Gasteiger partial charge >= 0.3 is 6.03 Å². The van der Waals surface area contributed by atoms with Crippen molar-refractivity contribution in [3.8, 4) is 11.1 Å². The van der Waals surface area contributed by atoms with Gasteiger partial charge in [-0.25, -0.2) is 14.2 Å². The van der Waals surface area contributed by atoms with Crippen LogP contribution in [0.4, 0.5) is 9.18 Å². The summed E-state index contributed by atoms with van der Waals surface area (Å²) in [6.45, 7) is 8.71. The fraction of sp³-hybridized carbons (Fsp3) is 0.429. The lowest BCUT2D eigenvalue weighted by Gasteiger charge is -2.38. The van der Waals surface area contributed by atoms with E-state index < -0.39 is 11.6 Å². The Bertz CT molecular complexity index is 1350. The summed E-state index contributed by atoms with van der Waals surface area (Å²) >= 11 is 0. The maximum atomic E-state index is 14.6. The first-order valence-electron chi connectivity index (χ1n) is 12.6. The number of aldehydes is 1. The molecule has 0 unspecified atom stereocenters. The van der Waals surface area contributed by atoms with Crippen LogP contribution in [0.15, 0.2) is 36.5 Å². The number of urea groups is 1. The molecule has 1 fully saturated rings. The molecule has 3 aromatic rings. The summed E-state index contributed by atoms with van der Waals surface area (Å²) in [6.07, 6.45) is 3.98. The monoisotopic (exact) mass is 507 g/mol. The van der Waals surface area contributed by atoms with Crippen LogP contribution in [-0.4, -0.2) is 58.4 Å². The van der Waals surface area contributed by atoms with E-state index in [1.165, 1.54) is 7.05 Å². The number of carbonyl (C=O) groups is 3. The van der Waals surface area contributed by atoms with Crippen molar-refractivity contribution in [2.24, 2.45) is 0 Å². The minimum Gasteiger partial charge on any atom is -0.341 e. The number of benzene rings is 1. The molecule has 196 valence electrons. The van der Waals surface area contributed by atoms with Crippen molar-refractivity contribution in [2.75, 3.05) is 20.1 Å². The number of amides is 3. The Hall–Kier alpha value is -3.75. The molecule has 0 saturated carbocycles. The van der Waals surface area contributed by atoms with E-state index >= 15 is 0 Å². The molecule has 0 aliphatic carbocycles. The average molecular weight is 508 g/mol. The SMILES string of the molecule is CCc1ccc(-c2cn(C(C)(C)C)c3nc(C(=O)N4CCC(C=O)(NC(=O)NC)CC4)ccc23)cc1F. The van der Waals surface area contributed by atoms with Gasteiger partial charge < -0.3 is 24.9 Å². The first kappa shape index (κ1) is 26.3. The van der Waals surface area contributed by atoms with Gasteiger partial charge in [-0.1, -0.05) is 19.1 Å². The van der Waals surface area contributed by atoms with Crippen molar-refractivity contribution in [1.29, 1.82) is 0 Å². The van der Waals surface area contributed by atoms with Gasteiger partial charge in [0.15, 0.2) is 0 Å². The molecule has 2 aromatic heterocycles. The smallest absolute Gasteiger partial charge is 0.315 e. The van der Waals surface area contributed by atoms with E-state index in [4.69, 9.17) is 4.98 Å². The van der Waals surface area contributed by atoms with E-state index in [2.05, 4.69) is 31.4 Å². The molecular formula is C28H34FN5O3. The maximum absolute atomic E-state index is 14.6. The van der Waals surface area contributed by atoms with Gasteiger partial charge in [0.2, 0.25) is 0 Å². The Labute approximate surface area is 216 Å². The third-order valence-corrected chi connectivity index (χ3v) is 7.10. The summed E-state index contributed by atoms with van der Waals surface area (Å²) in [5.41, 5.74) is 1.90. The number of pyridine rings is 1. The van der Waals surface area contributed by atoms with Crippen molar-refractivity contribution in [3.05, 3.63) is 53.6 Å². The molecule has 2 N–H and O–H groups in total. The molecule has 1 saturated heterocycles. The largest absolute Gasteiger partial charge is 0.341 e. The molecule has 4 rings (SSSR count). The highest BCUT2D eigenvalue weighted by Crippen LogP contribution is 2.34. The van der Waals surface area contributed by atoms with E-state index in [1.54, 1.807) is 17.0 Å². The third kappa shape index (κ3) is 5.08. The molecule has 8 nitrogen and oxygen atoms in total. The van der Waals surface area contributed by atoms with Crippen LogP contribution in [0, 0.1) is 5.82 Å². The van der Waals surface area contributed by atoms with Crippen LogP contribution in [0.2, 0.25) is 0 Å². The van der Waals surface area contributed by atoms with Crippen LogP contribution in [0.5, 0.6) is 0 Å². The number of hydrogen-bond acceptors (Lipinski definition) is 4. The van der Waals surface area contributed by atoms with Crippen LogP contribution in [-0.2, 0) is 16.8 Å². The number of aromatic nitrogens is 2. The average Bonchev–Trinajstić information content (AvgIpc) is 3.28. The molecule has 0 spiro atoms. The normalized spacial score (nSPS) is 15.5. The predicted octanol–water partition coefficient (Wildman–Crippen LogP) is 4.26. The van der Waals surface area contributed by atoms with E-state index in [-0.39, 0.29) is 17.3 Å². The number of nitrogens with one attached hydrogen (secondary N) is 2. The second kappa shape index (κ2) is 9.95. The Morgan fingerprint density at radius 2 is 1.86 bits per heavy atom. The number of piperidine rings is 1. The number of aryl methyl sites for hydroxylation is 1. The molecule has 1 aromatic carbocycles. The van der Waals surface area contributed by atoms with Gasteiger partial charge in [-0.2, -0.15) is 0 Å². The number of fused-ring (bicyclic) bond motifs is 1. The van der Waals surface area contributed by atoms with Crippen molar-refractivity contribution in [3.63, 3.8) is 0 Å². The molecule has 0 atom stereocenters. The number of nitrogens with zero attached hydrogens (tertiary/aromatic N) is 3. The fourth-order valence-electron chi connectivity index (χ4n) is 4.80. The summed E-state index contributed by atoms with van der Waals surface area (Å²) in [4.78, 5) is 43.3. The molecule has 1 aliphatic rings. The van der Waals surface area contributed by atoms with Gasteiger partial charge in [-0.3, -0.25) is 4.79 Å². The van der Waals surface area contributed by atoms with Crippen LogP contribution in [0.1, 0.15) is 56.6 Å². The van der Waals surface area contributed by atoms with Gasteiger partial charge in [0.1, 0.15) is 29.0 Å². The standard InChI is InChI=1S/C28H34FN5O3/c1-6-18-7-8-19(15-22(18)29)21-16-34(27(2,3)4)24-20(21)9-10-23(31-24)25(36)33-13-11-28(17-35,12-14-33)32-26(37)30-5/h7-10,15-17H,6,11-14H2,1-5H3,(H2,30,32,37). The first-order chi connectivity index (χ1) is 17.5. The lowest BCUT2D eigenvalue weighted by atomic mass is 9.89. The highest BCUT2D eigenvalue weighted by atomic mass is 19.1. The topological polar surface area (TPSA) is 96.3 Å². The van der Waals surface area contributed by atoms with Crippen LogP contribution in [0.25, 0.3) is 22.2 Å². The Balaban J connectivity index is 1.66. The Morgan fingerprint density at radius 3 is 2.43 bits per heavy atom. The van der Waals surface area contributed by atoms with Crippen molar-refractivity contribution >= 4 is 29.3 Å². The molecule has 0 radical (unpaired) electrons. The summed E-state index contributed by atoms with van der Waals surface area (Å²) in [6, 6.07) is 8.42. The van der Waals surface area contributed by atoms with E-state index in [0.29, 0.717) is 49.3 Å². The second-order valence-electron chi connectivity index (χ2n) is 10.6. The van der Waals surface area contributed by atoms with E-state index in [1.807, 2.05) is 35.9 Å². The molecule has 37 heavy (non-hydrogen) atoms. The summed E-state index contributed by atoms with van der Waals surface area (Å²) < 4.78 is 16.6. The Kier molecular flexibility index (Phi) is 7.08. The highest BCUT2D eigenvalue weighted by Gasteiger charge is 2.37. The minimum absolute atomic E-state index is 0.233. The first-order valence-corrected chi connectivity index (χ1v) is 12.6. The second-order valence-corrected chi connectivity index (χ2v) is 10.6. The van der Waals surface area contributed by atoms with Crippen LogP contribution < -0.4 is 10.6 Å². The maximum Gasteiger partial charge on any atom is 0.315 e. The van der Waals surface area contributed by atoms with Crippen molar-refractivity contribution in [2.45, 2.75) is 58.0 Å². The zero-order chi connectivity index (χ0) is 27.0. The van der Waals surface area contributed by atoms with Gasteiger partial charge in [0.25, 0.3) is 5.91 Å². The quantitative estimate of drug-likeness (QED) is 0.505. The van der Waals surface area contributed by atoms with Gasteiger partial charge in [0, 0.05) is 42.8 Å². The minimum atomic E-state index is -0.993. The van der Waals surface area contributed by atoms with Gasteiger partial charge in [-0.15, -0.1) is 0 Å². The predicted molar refractivity (Wildman–Crippen MR) is 141 cm³/mol. The number of hydrogen-bond donors (Lipinski definition) is 2. The lowest BCUT2D eigenvalue weighted by Crippen LogP contribution is -2.58. The highest BCUT2D eigenvalue weighted by molar-refractivity contribution is 5.99. The number of carbonyl (C=O) groups excluding carboxylic acids is 3. The molecular weight excluding hydrogens is 473 g/mol. The lowest BCUT2D eigenvalue weighted by molar-refractivity contribution is -0.114. The van der Waals surface area contributed by atoms with Crippen LogP contribution >= 0.6 is 0 Å². The van der Waals surface area contributed by atoms with E-state index in [9.17, 15) is 18.8 Å². The number of halogens is 1.